The number of rotatable bonds is 7. The predicted molar refractivity (Wildman–Crippen MR) is 114 cm³/mol. The predicted octanol–water partition coefficient (Wildman–Crippen LogP) is 2.45. The van der Waals surface area contributed by atoms with E-state index in [2.05, 4.69) is 4.98 Å². The summed E-state index contributed by atoms with van der Waals surface area (Å²) in [6.45, 7) is 4.74. The van der Waals surface area contributed by atoms with Crippen LogP contribution in [0.2, 0.25) is 0 Å². The van der Waals surface area contributed by atoms with Gasteiger partial charge in [0.25, 0.3) is 0 Å². The van der Waals surface area contributed by atoms with E-state index in [4.69, 9.17) is 9.15 Å². The molecule has 1 saturated heterocycles. The molecule has 8 heteroatoms. The number of hydrogen-bond acceptors (Lipinski definition) is 6. The Hall–Kier alpha value is -3.16. The molecule has 1 unspecified atom stereocenters. The minimum atomic E-state index is -0.298. The first kappa shape index (κ1) is 22.5. The molecule has 1 aliphatic rings. The van der Waals surface area contributed by atoms with E-state index >= 15 is 0 Å². The smallest absolute Gasteiger partial charge is 0.310 e. The highest BCUT2D eigenvalue weighted by molar-refractivity contribution is 5.86. The van der Waals surface area contributed by atoms with Gasteiger partial charge in [-0.2, -0.15) is 0 Å². The molecule has 0 saturated carbocycles. The third kappa shape index (κ3) is 5.71. The number of benzene rings is 1. The molecule has 166 valence electrons. The largest absolute Gasteiger partial charge is 0.466 e. The Morgan fingerprint density at radius 3 is 2.71 bits per heavy atom. The van der Waals surface area contributed by atoms with E-state index in [-0.39, 0.29) is 36.7 Å². The molecular weight excluding hydrogens is 398 g/mol. The number of likely N-dealkylation sites (tertiary alicyclic amines) is 1. The fourth-order valence-corrected chi connectivity index (χ4v) is 3.62. The molecule has 1 fully saturated rings. The standard InChI is InChI=1S/C23H29N3O5/c1-4-30-23(29)18-11-8-12-26(14-18)21(28)15-25(3)20(27)13-19-16(2)31-22(24-19)17-9-6-5-7-10-17/h5-7,9-10,18H,4,8,11-15H2,1-3H3. The summed E-state index contributed by atoms with van der Waals surface area (Å²) in [6, 6.07) is 9.49. The molecule has 1 aromatic carbocycles. The summed E-state index contributed by atoms with van der Waals surface area (Å²) in [5.74, 6) is 0.0983. The van der Waals surface area contributed by atoms with Crippen LogP contribution in [0.5, 0.6) is 0 Å². The van der Waals surface area contributed by atoms with Crippen LogP contribution in [0.4, 0.5) is 0 Å². The number of likely N-dealkylation sites (N-methyl/N-ethyl adjacent to an activating group) is 1. The number of amides is 2. The van der Waals surface area contributed by atoms with Gasteiger partial charge in [-0.3, -0.25) is 14.4 Å². The first-order valence-corrected chi connectivity index (χ1v) is 10.6. The first-order chi connectivity index (χ1) is 14.9. The van der Waals surface area contributed by atoms with E-state index in [1.54, 1.807) is 25.8 Å². The maximum atomic E-state index is 12.7. The van der Waals surface area contributed by atoms with Gasteiger partial charge in [-0.05, 0) is 38.8 Å². The number of carbonyl (C=O) groups is 3. The quantitative estimate of drug-likeness (QED) is 0.630. The number of piperidine rings is 1. The van der Waals surface area contributed by atoms with Crippen LogP contribution in [0.15, 0.2) is 34.7 Å². The van der Waals surface area contributed by atoms with Gasteiger partial charge in [-0.1, -0.05) is 18.2 Å². The Morgan fingerprint density at radius 1 is 1.26 bits per heavy atom. The molecule has 2 amide bonds. The second-order valence-corrected chi connectivity index (χ2v) is 7.75. The van der Waals surface area contributed by atoms with Crippen molar-refractivity contribution in [1.82, 2.24) is 14.8 Å². The van der Waals surface area contributed by atoms with Gasteiger partial charge < -0.3 is 19.0 Å². The number of nitrogens with zero attached hydrogens (tertiary/aromatic N) is 3. The van der Waals surface area contributed by atoms with Crippen molar-refractivity contribution in [3.8, 4) is 11.5 Å². The van der Waals surface area contributed by atoms with Gasteiger partial charge in [0.1, 0.15) is 5.76 Å². The molecule has 1 atom stereocenters. The van der Waals surface area contributed by atoms with E-state index in [1.807, 2.05) is 30.3 Å². The maximum Gasteiger partial charge on any atom is 0.310 e. The molecule has 0 bridgehead atoms. The van der Waals surface area contributed by atoms with Crippen LogP contribution in [0.3, 0.4) is 0 Å². The molecule has 0 spiro atoms. The van der Waals surface area contributed by atoms with Crippen LogP contribution in [-0.4, -0.2) is 65.9 Å². The van der Waals surface area contributed by atoms with Crippen molar-refractivity contribution in [3.05, 3.63) is 41.8 Å². The SMILES string of the molecule is CCOC(=O)C1CCCN(C(=O)CN(C)C(=O)Cc2nc(-c3ccccc3)oc2C)C1. The van der Waals surface area contributed by atoms with Gasteiger partial charge >= 0.3 is 5.97 Å². The van der Waals surface area contributed by atoms with Gasteiger partial charge in [0.15, 0.2) is 0 Å². The van der Waals surface area contributed by atoms with Crippen molar-refractivity contribution in [2.75, 3.05) is 33.3 Å². The molecule has 8 nitrogen and oxygen atoms in total. The summed E-state index contributed by atoms with van der Waals surface area (Å²) in [6.07, 6.45) is 1.51. The van der Waals surface area contributed by atoms with Crippen molar-refractivity contribution in [1.29, 1.82) is 0 Å². The van der Waals surface area contributed by atoms with Gasteiger partial charge in [0, 0.05) is 25.7 Å². The van der Waals surface area contributed by atoms with Crippen LogP contribution in [0.25, 0.3) is 11.5 Å². The van der Waals surface area contributed by atoms with Crippen LogP contribution in [0, 0.1) is 12.8 Å². The Labute approximate surface area is 182 Å². The van der Waals surface area contributed by atoms with E-state index in [1.165, 1.54) is 4.90 Å². The number of aromatic nitrogens is 1. The average molecular weight is 428 g/mol. The highest BCUT2D eigenvalue weighted by Gasteiger charge is 2.30. The zero-order valence-corrected chi connectivity index (χ0v) is 18.3. The Bertz CT molecular complexity index is 925. The lowest BCUT2D eigenvalue weighted by Crippen LogP contribution is -2.47. The third-order valence-electron chi connectivity index (χ3n) is 5.42. The molecular formula is C23H29N3O5. The summed E-state index contributed by atoms with van der Waals surface area (Å²) in [5.41, 5.74) is 1.40. The van der Waals surface area contributed by atoms with E-state index < -0.39 is 0 Å². The van der Waals surface area contributed by atoms with E-state index in [0.29, 0.717) is 43.5 Å². The van der Waals surface area contributed by atoms with Gasteiger partial charge in [-0.15, -0.1) is 0 Å². The Balaban J connectivity index is 1.56. The lowest BCUT2D eigenvalue weighted by Gasteiger charge is -2.32. The topological polar surface area (TPSA) is 93.0 Å². The number of hydrogen-bond donors (Lipinski definition) is 0. The lowest BCUT2D eigenvalue weighted by atomic mass is 9.98. The Morgan fingerprint density at radius 2 is 2.00 bits per heavy atom. The molecule has 1 aromatic heterocycles. The summed E-state index contributed by atoms with van der Waals surface area (Å²) in [7, 11) is 1.60. The molecule has 0 radical (unpaired) electrons. The second-order valence-electron chi connectivity index (χ2n) is 7.75. The van der Waals surface area contributed by atoms with Crippen LogP contribution in [-0.2, 0) is 25.5 Å². The first-order valence-electron chi connectivity index (χ1n) is 10.6. The van der Waals surface area contributed by atoms with Crippen molar-refractivity contribution >= 4 is 17.8 Å². The number of aryl methyl sites for hydroxylation is 1. The third-order valence-corrected chi connectivity index (χ3v) is 5.42. The zero-order chi connectivity index (χ0) is 22.4. The zero-order valence-electron chi connectivity index (χ0n) is 18.3. The summed E-state index contributed by atoms with van der Waals surface area (Å²) in [5, 5.41) is 0. The van der Waals surface area contributed by atoms with Crippen molar-refractivity contribution in [2.45, 2.75) is 33.1 Å². The average Bonchev–Trinajstić information content (AvgIpc) is 3.14. The summed E-state index contributed by atoms with van der Waals surface area (Å²) >= 11 is 0. The number of esters is 1. The summed E-state index contributed by atoms with van der Waals surface area (Å²) in [4.78, 5) is 44.9. The fraction of sp³-hybridized carbons (Fsp3) is 0.478. The maximum absolute atomic E-state index is 12.7. The molecule has 0 N–H and O–H groups in total. The lowest BCUT2D eigenvalue weighted by molar-refractivity contribution is -0.152. The number of ether oxygens (including phenoxy) is 1. The minimum Gasteiger partial charge on any atom is -0.466 e. The monoisotopic (exact) mass is 427 g/mol. The fourth-order valence-electron chi connectivity index (χ4n) is 3.62. The van der Waals surface area contributed by atoms with Crippen molar-refractivity contribution < 1.29 is 23.5 Å². The van der Waals surface area contributed by atoms with Gasteiger partial charge in [0.2, 0.25) is 17.7 Å². The van der Waals surface area contributed by atoms with Gasteiger partial charge in [0.05, 0.1) is 31.2 Å². The summed E-state index contributed by atoms with van der Waals surface area (Å²) < 4.78 is 10.8. The van der Waals surface area contributed by atoms with E-state index in [9.17, 15) is 14.4 Å². The minimum absolute atomic E-state index is 0.0448. The van der Waals surface area contributed by atoms with Crippen molar-refractivity contribution in [3.63, 3.8) is 0 Å². The van der Waals surface area contributed by atoms with Gasteiger partial charge in [-0.25, -0.2) is 4.98 Å². The normalized spacial score (nSPS) is 16.1. The molecule has 1 aliphatic heterocycles. The second kappa shape index (κ2) is 10.2. The highest BCUT2D eigenvalue weighted by Crippen LogP contribution is 2.22. The van der Waals surface area contributed by atoms with Crippen LogP contribution < -0.4 is 0 Å². The van der Waals surface area contributed by atoms with Crippen LogP contribution >= 0.6 is 0 Å². The van der Waals surface area contributed by atoms with Crippen LogP contribution in [0.1, 0.15) is 31.2 Å². The number of carbonyl (C=O) groups excluding carboxylic acids is 3. The molecule has 2 heterocycles. The molecule has 31 heavy (non-hydrogen) atoms. The number of oxazole rings is 1. The molecule has 0 aliphatic carbocycles. The molecule has 3 rings (SSSR count). The molecule has 2 aromatic rings. The van der Waals surface area contributed by atoms with E-state index in [0.717, 1.165) is 12.0 Å². The highest BCUT2D eigenvalue weighted by atomic mass is 16.5. The Kier molecular flexibility index (Phi) is 7.44. The van der Waals surface area contributed by atoms with Crippen molar-refractivity contribution in [2.24, 2.45) is 5.92 Å².